The van der Waals surface area contributed by atoms with Gasteiger partial charge in [0.2, 0.25) is 0 Å². The number of hydrogen-bond donors (Lipinski definition) is 1. The van der Waals surface area contributed by atoms with Gasteiger partial charge in [0.1, 0.15) is 19.8 Å². The number of ether oxygens (including phenoxy) is 2. The number of fused-ring (bicyclic) bond motifs is 2. The van der Waals surface area contributed by atoms with Gasteiger partial charge in [-0.3, -0.25) is 9.59 Å². The number of ketones is 2. The summed E-state index contributed by atoms with van der Waals surface area (Å²) >= 11 is 0. The lowest BCUT2D eigenvalue weighted by Gasteiger charge is -2.18. The van der Waals surface area contributed by atoms with Crippen LogP contribution in [-0.4, -0.2) is 41.8 Å². The van der Waals surface area contributed by atoms with E-state index in [0.29, 0.717) is 22.3 Å². The van der Waals surface area contributed by atoms with Gasteiger partial charge in [0, 0.05) is 22.3 Å². The van der Waals surface area contributed by atoms with E-state index in [4.69, 9.17) is 9.84 Å². The first-order chi connectivity index (χ1) is 12.5. The standard InChI is InChI=1S/C19H14O7/c20-16(21)9-25-10-17(22)26-8-11-5-6-14-15(7-11)19(24)13-4-2-1-3-12(13)18(14)23/h1-7H,8-10H2,(H,20,21). The zero-order valence-corrected chi connectivity index (χ0v) is 13.6. The van der Waals surface area contributed by atoms with Gasteiger partial charge in [-0.2, -0.15) is 0 Å². The number of aliphatic carboxylic acids is 1. The molecule has 2 aromatic carbocycles. The van der Waals surface area contributed by atoms with Crippen LogP contribution in [0.4, 0.5) is 0 Å². The van der Waals surface area contributed by atoms with Crippen molar-refractivity contribution >= 4 is 23.5 Å². The van der Waals surface area contributed by atoms with E-state index in [1.54, 1.807) is 30.3 Å². The van der Waals surface area contributed by atoms with E-state index in [-0.39, 0.29) is 23.7 Å². The average molecular weight is 354 g/mol. The van der Waals surface area contributed by atoms with Crippen molar-refractivity contribution in [1.29, 1.82) is 0 Å². The van der Waals surface area contributed by atoms with Crippen molar-refractivity contribution in [3.63, 3.8) is 0 Å². The van der Waals surface area contributed by atoms with Crippen molar-refractivity contribution < 1.29 is 33.8 Å². The Labute approximate surface area is 148 Å². The molecule has 7 heteroatoms. The second-order valence-corrected chi connectivity index (χ2v) is 5.63. The third-order valence-electron chi connectivity index (χ3n) is 3.83. The maximum absolute atomic E-state index is 12.6. The summed E-state index contributed by atoms with van der Waals surface area (Å²) in [5.41, 5.74) is 1.84. The van der Waals surface area contributed by atoms with Gasteiger partial charge in [0.05, 0.1) is 0 Å². The molecule has 1 aliphatic rings. The summed E-state index contributed by atoms with van der Waals surface area (Å²) in [6.07, 6.45) is 0. The molecule has 0 aliphatic heterocycles. The summed E-state index contributed by atoms with van der Waals surface area (Å²) in [5.74, 6) is -2.39. The highest BCUT2D eigenvalue weighted by molar-refractivity contribution is 6.28. The van der Waals surface area contributed by atoms with Gasteiger partial charge in [0.25, 0.3) is 0 Å². The lowest BCUT2D eigenvalue weighted by Crippen LogP contribution is -2.21. The van der Waals surface area contributed by atoms with E-state index in [0.717, 1.165) is 0 Å². The third kappa shape index (κ3) is 3.52. The molecular weight excluding hydrogens is 340 g/mol. The van der Waals surface area contributed by atoms with Gasteiger partial charge in [-0.05, 0) is 17.7 Å². The minimum Gasteiger partial charge on any atom is -0.480 e. The van der Waals surface area contributed by atoms with Crippen LogP contribution in [0.1, 0.15) is 37.4 Å². The molecule has 0 atom stereocenters. The number of carboxylic acid groups (broad SMARTS) is 1. The highest BCUT2D eigenvalue weighted by atomic mass is 16.6. The molecular formula is C19H14O7. The van der Waals surface area contributed by atoms with Crippen molar-refractivity contribution in [2.24, 2.45) is 0 Å². The number of carboxylic acids is 1. The zero-order chi connectivity index (χ0) is 18.7. The van der Waals surface area contributed by atoms with Crippen molar-refractivity contribution in [2.75, 3.05) is 13.2 Å². The highest BCUT2D eigenvalue weighted by Gasteiger charge is 2.29. The van der Waals surface area contributed by atoms with Crippen molar-refractivity contribution in [3.05, 3.63) is 70.3 Å². The zero-order valence-electron chi connectivity index (χ0n) is 13.6. The van der Waals surface area contributed by atoms with E-state index in [1.165, 1.54) is 12.1 Å². The fourth-order valence-corrected chi connectivity index (χ4v) is 2.66. The normalized spacial score (nSPS) is 12.3. The molecule has 0 spiro atoms. The first-order valence-corrected chi connectivity index (χ1v) is 7.74. The quantitative estimate of drug-likeness (QED) is 0.670. The van der Waals surface area contributed by atoms with Gasteiger partial charge in [-0.15, -0.1) is 0 Å². The summed E-state index contributed by atoms with van der Waals surface area (Å²) in [5, 5.41) is 8.43. The molecule has 3 rings (SSSR count). The van der Waals surface area contributed by atoms with Crippen LogP contribution in [0, 0.1) is 0 Å². The van der Waals surface area contributed by atoms with Crippen LogP contribution in [0.15, 0.2) is 42.5 Å². The van der Waals surface area contributed by atoms with Crippen LogP contribution < -0.4 is 0 Å². The Kier molecular flexibility index (Phi) is 4.90. The van der Waals surface area contributed by atoms with Gasteiger partial charge in [-0.1, -0.05) is 30.3 Å². The minimum atomic E-state index is -1.18. The molecule has 1 N–H and O–H groups in total. The molecule has 0 saturated heterocycles. The Morgan fingerprint density at radius 2 is 1.46 bits per heavy atom. The second-order valence-electron chi connectivity index (χ2n) is 5.63. The fourth-order valence-electron chi connectivity index (χ4n) is 2.66. The Bertz CT molecular complexity index is 914. The largest absolute Gasteiger partial charge is 0.480 e. The van der Waals surface area contributed by atoms with Gasteiger partial charge < -0.3 is 14.6 Å². The second kappa shape index (κ2) is 7.28. The Balaban J connectivity index is 1.71. The predicted octanol–water partition coefficient (Wildman–Crippen LogP) is 1.61. The Hall–Kier alpha value is -3.32. The predicted molar refractivity (Wildman–Crippen MR) is 88.0 cm³/mol. The van der Waals surface area contributed by atoms with E-state index in [1.807, 2.05) is 0 Å². The molecule has 0 bridgehead atoms. The smallest absolute Gasteiger partial charge is 0.332 e. The van der Waals surface area contributed by atoms with E-state index in [9.17, 15) is 19.2 Å². The minimum absolute atomic E-state index is 0.119. The fraction of sp³-hybridized carbons (Fsp3) is 0.158. The lowest BCUT2D eigenvalue weighted by molar-refractivity contribution is -0.153. The molecule has 2 aromatic rings. The number of esters is 1. The SMILES string of the molecule is O=C(O)COCC(=O)OCc1ccc2c(c1)C(=O)c1ccccc1C2=O. The summed E-state index contributed by atoms with van der Waals surface area (Å²) in [4.78, 5) is 46.9. The molecule has 0 amide bonds. The van der Waals surface area contributed by atoms with Gasteiger partial charge in [0.15, 0.2) is 11.6 Å². The van der Waals surface area contributed by atoms with Crippen LogP contribution in [0.25, 0.3) is 0 Å². The maximum atomic E-state index is 12.6. The van der Waals surface area contributed by atoms with Crippen LogP contribution in [0.2, 0.25) is 0 Å². The molecule has 7 nitrogen and oxygen atoms in total. The molecule has 1 aliphatic carbocycles. The Morgan fingerprint density at radius 3 is 2.12 bits per heavy atom. The molecule has 26 heavy (non-hydrogen) atoms. The topological polar surface area (TPSA) is 107 Å². The van der Waals surface area contributed by atoms with E-state index in [2.05, 4.69) is 4.74 Å². The van der Waals surface area contributed by atoms with Crippen molar-refractivity contribution in [2.45, 2.75) is 6.61 Å². The lowest BCUT2D eigenvalue weighted by atomic mass is 9.83. The number of benzene rings is 2. The highest BCUT2D eigenvalue weighted by Crippen LogP contribution is 2.28. The molecule has 0 heterocycles. The number of rotatable bonds is 6. The van der Waals surface area contributed by atoms with Crippen molar-refractivity contribution in [3.8, 4) is 0 Å². The van der Waals surface area contributed by atoms with E-state index < -0.39 is 25.2 Å². The van der Waals surface area contributed by atoms with Gasteiger partial charge in [-0.25, -0.2) is 9.59 Å². The molecule has 0 radical (unpaired) electrons. The number of hydrogen-bond acceptors (Lipinski definition) is 6. The van der Waals surface area contributed by atoms with Crippen LogP contribution in [0.5, 0.6) is 0 Å². The third-order valence-corrected chi connectivity index (χ3v) is 3.83. The maximum Gasteiger partial charge on any atom is 0.332 e. The summed E-state index contributed by atoms with van der Waals surface area (Å²) < 4.78 is 9.61. The first-order valence-electron chi connectivity index (χ1n) is 7.74. The number of carbonyl (C=O) groups excluding carboxylic acids is 3. The molecule has 0 aromatic heterocycles. The van der Waals surface area contributed by atoms with Crippen LogP contribution >= 0.6 is 0 Å². The summed E-state index contributed by atoms with van der Waals surface area (Å²) in [6.45, 7) is -1.20. The van der Waals surface area contributed by atoms with E-state index >= 15 is 0 Å². The molecule has 0 saturated carbocycles. The monoisotopic (exact) mass is 354 g/mol. The van der Waals surface area contributed by atoms with Crippen molar-refractivity contribution in [1.82, 2.24) is 0 Å². The molecule has 0 unspecified atom stereocenters. The Morgan fingerprint density at radius 1 is 0.846 bits per heavy atom. The summed E-state index contributed by atoms with van der Waals surface area (Å²) in [6, 6.07) is 11.3. The molecule has 0 fully saturated rings. The molecule has 132 valence electrons. The summed E-state index contributed by atoms with van der Waals surface area (Å²) in [7, 11) is 0. The van der Waals surface area contributed by atoms with Crippen LogP contribution in [0.3, 0.4) is 0 Å². The van der Waals surface area contributed by atoms with Gasteiger partial charge >= 0.3 is 11.9 Å². The first kappa shape index (κ1) is 17.5. The van der Waals surface area contributed by atoms with Crippen LogP contribution in [-0.2, 0) is 25.7 Å². The average Bonchev–Trinajstić information content (AvgIpc) is 2.64. The number of carbonyl (C=O) groups is 4.